The number of rotatable bonds is 7. The summed E-state index contributed by atoms with van der Waals surface area (Å²) >= 11 is 0. The third-order valence-corrected chi connectivity index (χ3v) is 4.67. The Balaban J connectivity index is 2.21. The monoisotopic (exact) mass is 213 g/mol. The van der Waals surface area contributed by atoms with Crippen LogP contribution >= 0.6 is 0 Å². The van der Waals surface area contributed by atoms with Crippen LogP contribution in [0.5, 0.6) is 0 Å². The van der Waals surface area contributed by atoms with Gasteiger partial charge in [0.1, 0.15) is 0 Å². The Morgan fingerprint density at radius 3 is 2.36 bits per heavy atom. The summed E-state index contributed by atoms with van der Waals surface area (Å²) in [5, 5.41) is 3.69. The lowest BCUT2D eigenvalue weighted by molar-refractivity contribution is 0.470. The fraction of sp³-hybridized carbons (Fsp3) is 1.00. The molecule has 1 nitrogen and oxygen atoms in total. The molecule has 2 heteroatoms. The summed E-state index contributed by atoms with van der Waals surface area (Å²) < 4.78 is 0. The summed E-state index contributed by atoms with van der Waals surface area (Å²) in [6.07, 6.45) is 5.61. The summed E-state index contributed by atoms with van der Waals surface area (Å²) in [4.78, 5) is 0. The van der Waals surface area contributed by atoms with E-state index in [0.29, 0.717) is 0 Å². The van der Waals surface area contributed by atoms with Crippen LogP contribution in [-0.2, 0) is 0 Å². The van der Waals surface area contributed by atoms with Crippen molar-refractivity contribution >= 4 is 8.07 Å². The first-order valence-corrected chi connectivity index (χ1v) is 9.95. The molecule has 0 heterocycles. The summed E-state index contributed by atoms with van der Waals surface area (Å²) in [5.74, 6) is 0.951. The van der Waals surface area contributed by atoms with Crippen LogP contribution in [-0.4, -0.2) is 20.7 Å². The lowest BCUT2D eigenvalue weighted by atomic mass is 10.1. The Bertz CT molecular complexity index is 158. The van der Waals surface area contributed by atoms with Gasteiger partial charge in [-0.2, -0.15) is 0 Å². The molecular formula is C12H27NSi. The van der Waals surface area contributed by atoms with Gasteiger partial charge in [-0.3, -0.25) is 0 Å². The minimum atomic E-state index is -0.849. The summed E-state index contributed by atoms with van der Waals surface area (Å²) in [6.45, 7) is 11.1. The van der Waals surface area contributed by atoms with Crippen molar-refractivity contribution in [2.75, 3.05) is 6.54 Å². The standard InChI is InChI=1S/C12H27NSi/c1-5-6-11(10-14(2,3)4)9-13-12-7-8-12/h11-13H,5-10H2,1-4H3. The second kappa shape index (κ2) is 5.31. The summed E-state index contributed by atoms with van der Waals surface area (Å²) in [7, 11) is -0.849. The van der Waals surface area contributed by atoms with Crippen LogP contribution in [0.25, 0.3) is 0 Å². The van der Waals surface area contributed by atoms with E-state index in [2.05, 4.69) is 31.9 Å². The minimum Gasteiger partial charge on any atom is -0.314 e. The number of hydrogen-bond donors (Lipinski definition) is 1. The van der Waals surface area contributed by atoms with Crippen molar-refractivity contribution in [1.29, 1.82) is 0 Å². The zero-order chi connectivity index (χ0) is 10.6. The highest BCUT2D eigenvalue weighted by atomic mass is 28.3. The van der Waals surface area contributed by atoms with Crippen LogP contribution in [0.4, 0.5) is 0 Å². The Morgan fingerprint density at radius 1 is 1.29 bits per heavy atom. The molecule has 0 aromatic rings. The second-order valence-corrected chi connectivity index (χ2v) is 11.6. The molecule has 1 unspecified atom stereocenters. The van der Waals surface area contributed by atoms with Gasteiger partial charge in [0, 0.05) is 14.1 Å². The molecule has 0 aromatic heterocycles. The number of hydrogen-bond acceptors (Lipinski definition) is 1. The van der Waals surface area contributed by atoms with Gasteiger partial charge in [-0.15, -0.1) is 0 Å². The summed E-state index contributed by atoms with van der Waals surface area (Å²) in [6, 6.07) is 2.39. The first-order valence-electron chi connectivity index (χ1n) is 6.24. The van der Waals surface area contributed by atoms with E-state index in [4.69, 9.17) is 0 Å². The average Bonchev–Trinajstić information content (AvgIpc) is 2.80. The van der Waals surface area contributed by atoms with Gasteiger partial charge in [-0.25, -0.2) is 0 Å². The molecule has 0 aromatic carbocycles. The maximum atomic E-state index is 3.69. The topological polar surface area (TPSA) is 12.0 Å². The van der Waals surface area contributed by atoms with Crippen molar-refractivity contribution in [1.82, 2.24) is 5.32 Å². The van der Waals surface area contributed by atoms with Gasteiger partial charge >= 0.3 is 0 Å². The zero-order valence-corrected chi connectivity index (χ0v) is 11.4. The van der Waals surface area contributed by atoms with Crippen molar-refractivity contribution in [2.24, 2.45) is 5.92 Å². The Hall–Kier alpha value is 0.177. The molecule has 84 valence electrons. The molecule has 0 radical (unpaired) electrons. The molecule has 0 saturated heterocycles. The molecule has 0 aliphatic heterocycles. The SMILES string of the molecule is CCCC(CNC1CC1)C[Si](C)(C)C. The molecule has 1 N–H and O–H groups in total. The van der Waals surface area contributed by atoms with Gasteiger partial charge in [0.25, 0.3) is 0 Å². The van der Waals surface area contributed by atoms with Gasteiger partial charge in [0.05, 0.1) is 0 Å². The first-order chi connectivity index (χ1) is 6.51. The molecule has 1 saturated carbocycles. The lowest BCUT2D eigenvalue weighted by Crippen LogP contribution is -2.31. The first kappa shape index (κ1) is 12.2. The van der Waals surface area contributed by atoms with E-state index < -0.39 is 8.07 Å². The highest BCUT2D eigenvalue weighted by Crippen LogP contribution is 2.23. The molecule has 0 bridgehead atoms. The van der Waals surface area contributed by atoms with E-state index in [0.717, 1.165) is 12.0 Å². The van der Waals surface area contributed by atoms with Crippen molar-refractivity contribution in [3.63, 3.8) is 0 Å². The molecule has 1 rings (SSSR count). The van der Waals surface area contributed by atoms with Crippen LogP contribution in [0, 0.1) is 5.92 Å². The lowest BCUT2D eigenvalue weighted by Gasteiger charge is -2.24. The maximum Gasteiger partial charge on any atom is 0.0445 e. The van der Waals surface area contributed by atoms with Crippen LogP contribution in [0.3, 0.4) is 0 Å². The van der Waals surface area contributed by atoms with Crippen molar-refractivity contribution in [3.05, 3.63) is 0 Å². The average molecular weight is 213 g/mol. The third-order valence-electron chi connectivity index (χ3n) is 2.87. The van der Waals surface area contributed by atoms with Crippen molar-refractivity contribution < 1.29 is 0 Å². The largest absolute Gasteiger partial charge is 0.314 e. The van der Waals surface area contributed by atoms with E-state index in [9.17, 15) is 0 Å². The maximum absolute atomic E-state index is 3.69. The van der Waals surface area contributed by atoms with Gasteiger partial charge in [-0.05, 0) is 31.7 Å². The van der Waals surface area contributed by atoms with Gasteiger partial charge in [0.15, 0.2) is 0 Å². The van der Waals surface area contributed by atoms with Gasteiger partial charge in [-0.1, -0.05) is 39.0 Å². The minimum absolute atomic E-state index is 0.849. The highest BCUT2D eigenvalue weighted by Gasteiger charge is 2.24. The van der Waals surface area contributed by atoms with E-state index in [-0.39, 0.29) is 0 Å². The molecule has 1 aliphatic rings. The van der Waals surface area contributed by atoms with Gasteiger partial charge in [0.2, 0.25) is 0 Å². The Kier molecular flexibility index (Phi) is 4.65. The van der Waals surface area contributed by atoms with Crippen molar-refractivity contribution in [2.45, 2.75) is 64.3 Å². The van der Waals surface area contributed by atoms with E-state index >= 15 is 0 Å². The quantitative estimate of drug-likeness (QED) is 0.638. The molecule has 0 amide bonds. The van der Waals surface area contributed by atoms with E-state index in [1.54, 1.807) is 0 Å². The number of nitrogens with one attached hydrogen (secondary N) is 1. The molecule has 1 aliphatic carbocycles. The van der Waals surface area contributed by atoms with E-state index in [1.807, 2.05) is 0 Å². The highest BCUT2D eigenvalue weighted by molar-refractivity contribution is 6.76. The molecule has 1 fully saturated rings. The Morgan fingerprint density at radius 2 is 1.93 bits per heavy atom. The third kappa shape index (κ3) is 5.81. The normalized spacial score (nSPS) is 19.7. The van der Waals surface area contributed by atoms with E-state index in [1.165, 1.54) is 38.3 Å². The molecular weight excluding hydrogens is 186 g/mol. The second-order valence-electron chi connectivity index (χ2n) is 6.10. The van der Waals surface area contributed by atoms with Crippen LogP contribution < -0.4 is 5.32 Å². The molecule has 0 spiro atoms. The molecule has 14 heavy (non-hydrogen) atoms. The fourth-order valence-corrected chi connectivity index (χ4v) is 4.25. The predicted octanol–water partition coefficient (Wildman–Crippen LogP) is 3.49. The van der Waals surface area contributed by atoms with Gasteiger partial charge < -0.3 is 5.32 Å². The van der Waals surface area contributed by atoms with Crippen LogP contribution in [0.15, 0.2) is 0 Å². The smallest absolute Gasteiger partial charge is 0.0445 e. The summed E-state index contributed by atoms with van der Waals surface area (Å²) in [5.41, 5.74) is 0. The fourth-order valence-electron chi connectivity index (χ4n) is 2.17. The zero-order valence-electron chi connectivity index (χ0n) is 10.4. The van der Waals surface area contributed by atoms with Crippen LogP contribution in [0.2, 0.25) is 25.7 Å². The predicted molar refractivity (Wildman–Crippen MR) is 67.6 cm³/mol. The van der Waals surface area contributed by atoms with Crippen molar-refractivity contribution in [3.8, 4) is 0 Å². The molecule has 1 atom stereocenters. The Labute approximate surface area is 90.7 Å². The van der Waals surface area contributed by atoms with Crippen LogP contribution in [0.1, 0.15) is 32.6 Å².